The first kappa shape index (κ1) is 21.5. The molecule has 2 heterocycles. The van der Waals surface area contributed by atoms with Gasteiger partial charge in [-0.3, -0.25) is 20.2 Å². The number of carbonyl (C=O) groups is 1. The number of anilines is 2. The Bertz CT molecular complexity index is 1180. The highest BCUT2D eigenvalue weighted by atomic mass is 32.1. The summed E-state index contributed by atoms with van der Waals surface area (Å²) in [5.74, 6) is -0.448. The van der Waals surface area contributed by atoms with Crippen LogP contribution in [0.2, 0.25) is 0 Å². The third kappa shape index (κ3) is 4.76. The molecule has 1 N–H and O–H groups in total. The van der Waals surface area contributed by atoms with Gasteiger partial charge in [-0.1, -0.05) is 25.0 Å². The van der Waals surface area contributed by atoms with E-state index in [0.29, 0.717) is 22.1 Å². The molecule has 1 saturated heterocycles. The zero-order valence-electron chi connectivity index (χ0n) is 17.3. The predicted molar refractivity (Wildman–Crippen MR) is 124 cm³/mol. The van der Waals surface area contributed by atoms with Crippen LogP contribution in [0.25, 0.3) is 11.3 Å². The van der Waals surface area contributed by atoms with Crippen LogP contribution in [0.1, 0.15) is 41.6 Å². The Hall–Kier alpha value is -3.77. The number of nitrogens with one attached hydrogen (secondary N) is 1. The van der Waals surface area contributed by atoms with Crippen LogP contribution < -0.4 is 10.2 Å². The summed E-state index contributed by atoms with van der Waals surface area (Å²) in [6.07, 6.45) is 4.27. The topological polar surface area (TPSA) is 112 Å². The van der Waals surface area contributed by atoms with Gasteiger partial charge in [0, 0.05) is 35.7 Å². The van der Waals surface area contributed by atoms with Gasteiger partial charge in [0.15, 0.2) is 5.13 Å². The SMILES string of the molecule is N#Cc1ccc(-c2csc(NC(=O)c3ccc(N4CCCCCC4)c([N+](=O)[O-])c3)n2)cc1. The summed E-state index contributed by atoms with van der Waals surface area (Å²) >= 11 is 1.27. The van der Waals surface area contributed by atoms with Crippen LogP contribution in [0.15, 0.2) is 47.8 Å². The third-order valence-electron chi connectivity index (χ3n) is 5.42. The largest absolute Gasteiger partial charge is 0.366 e. The van der Waals surface area contributed by atoms with E-state index in [9.17, 15) is 14.9 Å². The van der Waals surface area contributed by atoms with Crippen molar-refractivity contribution < 1.29 is 9.72 Å². The monoisotopic (exact) mass is 447 g/mol. The van der Waals surface area contributed by atoms with Crippen LogP contribution in [0.5, 0.6) is 0 Å². The summed E-state index contributed by atoms with van der Waals surface area (Å²) in [7, 11) is 0. The Labute approximate surface area is 189 Å². The minimum absolute atomic E-state index is 0.0584. The van der Waals surface area contributed by atoms with Crippen molar-refractivity contribution >= 4 is 33.8 Å². The molecule has 0 aliphatic carbocycles. The first-order valence-electron chi connectivity index (χ1n) is 10.4. The molecule has 0 bridgehead atoms. The van der Waals surface area contributed by atoms with E-state index in [2.05, 4.69) is 16.4 Å². The fourth-order valence-corrected chi connectivity index (χ4v) is 4.45. The summed E-state index contributed by atoms with van der Waals surface area (Å²) in [5, 5.41) is 25.5. The highest BCUT2D eigenvalue weighted by Gasteiger charge is 2.23. The number of amides is 1. The smallest absolute Gasteiger partial charge is 0.293 e. The summed E-state index contributed by atoms with van der Waals surface area (Å²) in [4.78, 5) is 30.5. The summed E-state index contributed by atoms with van der Waals surface area (Å²) < 4.78 is 0. The Balaban J connectivity index is 1.52. The number of hydrogen-bond acceptors (Lipinski definition) is 7. The van der Waals surface area contributed by atoms with E-state index in [4.69, 9.17) is 5.26 Å². The van der Waals surface area contributed by atoms with Crippen LogP contribution in [0.3, 0.4) is 0 Å². The molecule has 3 aromatic rings. The fraction of sp³-hybridized carbons (Fsp3) is 0.261. The number of nitrogens with zero attached hydrogens (tertiary/aromatic N) is 4. The van der Waals surface area contributed by atoms with Gasteiger partial charge in [-0.15, -0.1) is 11.3 Å². The van der Waals surface area contributed by atoms with E-state index in [1.165, 1.54) is 17.4 Å². The maximum absolute atomic E-state index is 12.7. The molecule has 9 heteroatoms. The molecule has 1 amide bonds. The van der Waals surface area contributed by atoms with E-state index < -0.39 is 10.8 Å². The molecule has 1 aliphatic heterocycles. The molecule has 8 nitrogen and oxygen atoms in total. The number of carbonyl (C=O) groups excluding carboxylic acids is 1. The fourth-order valence-electron chi connectivity index (χ4n) is 3.74. The number of hydrogen-bond donors (Lipinski definition) is 1. The number of benzene rings is 2. The van der Waals surface area contributed by atoms with Crippen LogP contribution in [-0.2, 0) is 0 Å². The molecule has 0 unspecified atom stereocenters. The van der Waals surface area contributed by atoms with E-state index in [0.717, 1.165) is 44.3 Å². The lowest BCUT2D eigenvalue weighted by Crippen LogP contribution is -2.25. The molecule has 4 rings (SSSR count). The second kappa shape index (κ2) is 9.58. The lowest BCUT2D eigenvalue weighted by molar-refractivity contribution is -0.384. The van der Waals surface area contributed by atoms with E-state index >= 15 is 0 Å². The second-order valence-electron chi connectivity index (χ2n) is 7.54. The van der Waals surface area contributed by atoms with Crippen molar-refractivity contribution in [2.45, 2.75) is 25.7 Å². The van der Waals surface area contributed by atoms with Crippen molar-refractivity contribution in [3.63, 3.8) is 0 Å². The Kier molecular flexibility index (Phi) is 6.42. The maximum Gasteiger partial charge on any atom is 0.293 e. The van der Waals surface area contributed by atoms with E-state index in [1.807, 2.05) is 10.3 Å². The van der Waals surface area contributed by atoms with Gasteiger partial charge in [0.1, 0.15) is 5.69 Å². The molecular formula is C23H21N5O3S. The molecule has 1 fully saturated rings. The minimum Gasteiger partial charge on any atom is -0.366 e. The average Bonchev–Trinajstić information content (AvgIpc) is 3.10. The van der Waals surface area contributed by atoms with E-state index in [1.54, 1.807) is 36.4 Å². The Morgan fingerprint density at radius 1 is 1.12 bits per heavy atom. The Morgan fingerprint density at radius 3 is 2.50 bits per heavy atom. The van der Waals surface area contributed by atoms with Crippen LogP contribution in [0, 0.1) is 21.4 Å². The summed E-state index contributed by atoms with van der Waals surface area (Å²) in [6, 6.07) is 13.7. The number of rotatable bonds is 5. The number of aromatic nitrogens is 1. The minimum atomic E-state index is -0.448. The quantitative estimate of drug-likeness (QED) is 0.424. The van der Waals surface area contributed by atoms with Crippen molar-refractivity contribution in [2.75, 3.05) is 23.3 Å². The van der Waals surface area contributed by atoms with Crippen LogP contribution in [-0.4, -0.2) is 28.9 Å². The molecule has 32 heavy (non-hydrogen) atoms. The lowest BCUT2D eigenvalue weighted by atomic mass is 10.1. The van der Waals surface area contributed by atoms with Gasteiger partial charge in [0.2, 0.25) is 0 Å². The molecule has 0 saturated carbocycles. The molecule has 0 radical (unpaired) electrons. The molecule has 2 aromatic carbocycles. The van der Waals surface area contributed by atoms with Crippen molar-refractivity contribution in [2.24, 2.45) is 0 Å². The first-order chi connectivity index (χ1) is 15.5. The van der Waals surface area contributed by atoms with Crippen molar-refractivity contribution in [3.05, 3.63) is 69.1 Å². The normalized spacial score (nSPS) is 13.8. The van der Waals surface area contributed by atoms with Gasteiger partial charge in [-0.25, -0.2) is 4.98 Å². The average molecular weight is 448 g/mol. The number of thiazole rings is 1. The van der Waals surface area contributed by atoms with Gasteiger partial charge in [0.05, 0.1) is 22.2 Å². The van der Waals surface area contributed by atoms with Crippen LogP contribution >= 0.6 is 11.3 Å². The molecule has 162 valence electrons. The molecule has 0 atom stereocenters. The summed E-state index contributed by atoms with van der Waals surface area (Å²) in [5.41, 5.74) is 2.78. The number of nitro benzene ring substituents is 1. The van der Waals surface area contributed by atoms with Crippen molar-refractivity contribution in [3.8, 4) is 17.3 Å². The number of nitro groups is 1. The highest BCUT2D eigenvalue weighted by molar-refractivity contribution is 7.14. The molecule has 0 spiro atoms. The zero-order chi connectivity index (χ0) is 22.5. The summed E-state index contributed by atoms with van der Waals surface area (Å²) in [6.45, 7) is 1.56. The van der Waals surface area contributed by atoms with Gasteiger partial charge in [-0.2, -0.15) is 5.26 Å². The standard InChI is InChI=1S/C23H21N5O3S/c24-14-16-5-7-17(8-6-16)19-15-32-23(25-19)26-22(29)18-9-10-20(21(13-18)28(30)31)27-11-3-1-2-4-12-27/h5-10,13,15H,1-4,11-12H2,(H,25,26,29). The Morgan fingerprint density at radius 2 is 1.84 bits per heavy atom. The van der Waals surface area contributed by atoms with Gasteiger partial charge in [-0.05, 0) is 37.1 Å². The number of nitriles is 1. The molecular weight excluding hydrogens is 426 g/mol. The highest BCUT2D eigenvalue weighted by Crippen LogP contribution is 2.32. The third-order valence-corrected chi connectivity index (χ3v) is 6.17. The van der Waals surface area contributed by atoms with Gasteiger partial charge < -0.3 is 4.90 Å². The predicted octanol–water partition coefficient (Wildman–Crippen LogP) is 5.22. The van der Waals surface area contributed by atoms with Gasteiger partial charge in [0.25, 0.3) is 11.6 Å². The zero-order valence-corrected chi connectivity index (χ0v) is 18.1. The lowest BCUT2D eigenvalue weighted by Gasteiger charge is -2.22. The second-order valence-corrected chi connectivity index (χ2v) is 8.40. The van der Waals surface area contributed by atoms with E-state index in [-0.39, 0.29) is 11.3 Å². The van der Waals surface area contributed by atoms with Crippen molar-refractivity contribution in [1.29, 1.82) is 5.26 Å². The molecule has 1 aromatic heterocycles. The molecule has 1 aliphatic rings. The van der Waals surface area contributed by atoms with Gasteiger partial charge >= 0.3 is 0 Å². The van der Waals surface area contributed by atoms with Crippen molar-refractivity contribution in [1.82, 2.24) is 4.98 Å². The maximum atomic E-state index is 12.7. The van der Waals surface area contributed by atoms with Crippen LogP contribution in [0.4, 0.5) is 16.5 Å². The first-order valence-corrected chi connectivity index (χ1v) is 11.2.